The van der Waals surface area contributed by atoms with E-state index in [2.05, 4.69) is 53.7 Å². The highest BCUT2D eigenvalue weighted by atomic mass is 16.7. The lowest BCUT2D eigenvalue weighted by Gasteiger charge is -2.61. The molecule has 0 aliphatic heterocycles. The summed E-state index contributed by atoms with van der Waals surface area (Å²) in [7, 11) is 0. The van der Waals surface area contributed by atoms with Gasteiger partial charge in [-0.25, -0.2) is 4.79 Å². The third kappa shape index (κ3) is 11.8. The molecule has 0 radical (unpaired) electrons. The van der Waals surface area contributed by atoms with Crippen molar-refractivity contribution in [1.29, 1.82) is 0 Å². The first kappa shape index (κ1) is 40.8. The number of unbranched alkanes of at least 4 members (excludes halogenated alkanes) is 12. The number of carbonyl (C=O) groups excluding carboxylic acids is 1. The van der Waals surface area contributed by atoms with Crippen molar-refractivity contribution >= 4 is 6.16 Å². The molecule has 0 saturated heterocycles. The van der Waals surface area contributed by atoms with Crippen molar-refractivity contribution in [2.75, 3.05) is 6.61 Å². The molecule has 0 spiro atoms. The topological polar surface area (TPSA) is 35.5 Å². The van der Waals surface area contributed by atoms with Crippen LogP contribution in [0.1, 0.15) is 208 Å². The summed E-state index contributed by atoms with van der Waals surface area (Å²) in [5, 5.41) is 0. The number of allylic oxidation sites excluding steroid dienone is 2. The highest BCUT2D eigenvalue weighted by Crippen LogP contribution is 2.68. The second kappa shape index (κ2) is 20.9. The summed E-state index contributed by atoms with van der Waals surface area (Å²) in [5.41, 5.74) is 0.995. The Morgan fingerprint density at radius 2 is 1.33 bits per heavy atom. The number of hydrogen-bond acceptors (Lipinski definition) is 3. The molecule has 0 aromatic carbocycles. The van der Waals surface area contributed by atoms with Gasteiger partial charge in [-0.2, -0.15) is 0 Å². The molecule has 284 valence electrons. The summed E-state index contributed by atoms with van der Waals surface area (Å²) < 4.78 is 11.5. The van der Waals surface area contributed by atoms with Gasteiger partial charge in [0.25, 0.3) is 0 Å². The lowest BCUT2D eigenvalue weighted by Crippen LogP contribution is -2.54. The van der Waals surface area contributed by atoms with Gasteiger partial charge in [0.05, 0.1) is 6.61 Å². The van der Waals surface area contributed by atoms with Crippen molar-refractivity contribution in [1.82, 2.24) is 0 Å². The molecule has 4 aliphatic carbocycles. The summed E-state index contributed by atoms with van der Waals surface area (Å²) in [6, 6.07) is 0. The molecule has 3 heteroatoms. The molecule has 4 aliphatic rings. The Labute approximate surface area is 305 Å². The fraction of sp³-hybridized carbons (Fsp3) is 0.935. The minimum Gasteiger partial charge on any atom is -0.434 e. The molecule has 3 nitrogen and oxygen atoms in total. The van der Waals surface area contributed by atoms with Crippen LogP contribution in [0.3, 0.4) is 0 Å². The van der Waals surface area contributed by atoms with Crippen molar-refractivity contribution in [2.24, 2.45) is 52.3 Å². The highest BCUT2D eigenvalue weighted by Gasteiger charge is 2.60. The van der Waals surface area contributed by atoms with Crippen LogP contribution in [0.25, 0.3) is 0 Å². The first-order chi connectivity index (χ1) is 23.7. The zero-order valence-corrected chi connectivity index (χ0v) is 33.6. The quantitative estimate of drug-likeness (QED) is 0.0648. The van der Waals surface area contributed by atoms with Crippen LogP contribution in [0.15, 0.2) is 12.2 Å². The van der Waals surface area contributed by atoms with Gasteiger partial charge in [-0.05, 0) is 142 Å². The van der Waals surface area contributed by atoms with E-state index in [0.29, 0.717) is 23.4 Å². The van der Waals surface area contributed by atoms with E-state index < -0.39 is 6.16 Å². The van der Waals surface area contributed by atoms with Crippen LogP contribution in [0.5, 0.6) is 0 Å². The van der Waals surface area contributed by atoms with Gasteiger partial charge in [0, 0.05) is 0 Å². The van der Waals surface area contributed by atoms with Crippen LogP contribution in [0.2, 0.25) is 0 Å². The van der Waals surface area contributed by atoms with Gasteiger partial charge >= 0.3 is 6.16 Å². The van der Waals surface area contributed by atoms with Gasteiger partial charge in [0.15, 0.2) is 0 Å². The Kier molecular flexibility index (Phi) is 17.4. The molecule has 0 N–H and O–H groups in total. The zero-order valence-electron chi connectivity index (χ0n) is 33.6. The fourth-order valence-electron chi connectivity index (χ4n) is 12.0. The number of fused-ring (bicyclic) bond motifs is 5. The van der Waals surface area contributed by atoms with Crippen LogP contribution >= 0.6 is 0 Å². The Morgan fingerprint density at radius 3 is 2.02 bits per heavy atom. The van der Waals surface area contributed by atoms with E-state index in [-0.39, 0.29) is 6.10 Å². The monoisotopic (exact) mass is 683 g/mol. The van der Waals surface area contributed by atoms with E-state index in [0.717, 1.165) is 61.2 Å². The maximum atomic E-state index is 12.6. The average Bonchev–Trinajstić information content (AvgIpc) is 3.43. The molecule has 0 aromatic heterocycles. The molecule has 49 heavy (non-hydrogen) atoms. The smallest absolute Gasteiger partial charge is 0.434 e. The van der Waals surface area contributed by atoms with E-state index >= 15 is 0 Å². The molecule has 0 amide bonds. The van der Waals surface area contributed by atoms with E-state index in [4.69, 9.17) is 9.47 Å². The van der Waals surface area contributed by atoms with Gasteiger partial charge in [-0.3, -0.25) is 0 Å². The third-order valence-corrected chi connectivity index (χ3v) is 15.0. The predicted octanol–water partition coefficient (Wildman–Crippen LogP) is 14.7. The van der Waals surface area contributed by atoms with Crippen molar-refractivity contribution < 1.29 is 14.3 Å². The van der Waals surface area contributed by atoms with Crippen molar-refractivity contribution in [3.63, 3.8) is 0 Å². The molecule has 0 aromatic rings. The largest absolute Gasteiger partial charge is 0.508 e. The lowest BCUT2D eigenvalue weighted by molar-refractivity contribution is -0.132. The Bertz CT molecular complexity index is 956. The van der Waals surface area contributed by atoms with Gasteiger partial charge in [-0.1, -0.05) is 131 Å². The van der Waals surface area contributed by atoms with Crippen LogP contribution in [0, 0.1) is 52.3 Å². The van der Waals surface area contributed by atoms with E-state index in [1.165, 1.54) is 141 Å². The molecular formula is C46H82O3. The van der Waals surface area contributed by atoms with E-state index in [9.17, 15) is 4.79 Å². The Morgan fingerprint density at radius 1 is 0.694 bits per heavy atom. The maximum Gasteiger partial charge on any atom is 0.508 e. The number of ether oxygens (including phenoxy) is 2. The zero-order chi connectivity index (χ0) is 35.1. The summed E-state index contributed by atoms with van der Waals surface area (Å²) in [5.74, 6) is 6.09. The minimum absolute atomic E-state index is 0.0541. The first-order valence-corrected chi connectivity index (χ1v) is 22.2. The molecule has 9 atom stereocenters. The Balaban J connectivity index is 1.06. The van der Waals surface area contributed by atoms with Gasteiger partial charge in [-0.15, -0.1) is 0 Å². The molecule has 4 saturated carbocycles. The summed E-state index contributed by atoms with van der Waals surface area (Å²) in [6.07, 6.45) is 38.6. The van der Waals surface area contributed by atoms with Crippen LogP contribution in [-0.2, 0) is 9.47 Å². The predicted molar refractivity (Wildman–Crippen MR) is 209 cm³/mol. The molecule has 5 unspecified atom stereocenters. The normalized spacial score (nSPS) is 33.3. The van der Waals surface area contributed by atoms with Crippen LogP contribution < -0.4 is 0 Å². The molecule has 4 fully saturated rings. The van der Waals surface area contributed by atoms with Gasteiger partial charge in [0.1, 0.15) is 6.10 Å². The van der Waals surface area contributed by atoms with Crippen molar-refractivity contribution in [3.8, 4) is 0 Å². The summed E-state index contributed by atoms with van der Waals surface area (Å²) in [4.78, 5) is 12.6. The fourth-order valence-corrected chi connectivity index (χ4v) is 12.0. The van der Waals surface area contributed by atoms with Crippen molar-refractivity contribution in [3.05, 3.63) is 12.2 Å². The molecule has 0 heterocycles. The van der Waals surface area contributed by atoms with Gasteiger partial charge in [0.2, 0.25) is 0 Å². The van der Waals surface area contributed by atoms with Crippen LogP contribution in [0.4, 0.5) is 4.79 Å². The SMILES string of the molecule is CCCCCCCCC=CCCCCCCCCOC(=O)OC1CC[C@@]2(C)C(CCC3C2CC[C@@]2(C)C3CC[C@@H]2[C@H](C)CCCC(C)C)C1. The lowest BCUT2D eigenvalue weighted by atomic mass is 9.44. The highest BCUT2D eigenvalue weighted by molar-refractivity contribution is 5.60. The number of hydrogen-bond donors (Lipinski definition) is 0. The second-order valence-corrected chi connectivity index (χ2v) is 18.7. The number of rotatable bonds is 22. The van der Waals surface area contributed by atoms with Gasteiger partial charge < -0.3 is 9.47 Å². The molecular weight excluding hydrogens is 601 g/mol. The van der Waals surface area contributed by atoms with E-state index in [1.54, 1.807) is 0 Å². The minimum atomic E-state index is -0.414. The van der Waals surface area contributed by atoms with Crippen LogP contribution in [-0.4, -0.2) is 18.9 Å². The first-order valence-electron chi connectivity index (χ1n) is 22.2. The molecule has 0 bridgehead atoms. The summed E-state index contributed by atoms with van der Waals surface area (Å²) >= 11 is 0. The standard InChI is InChI=1S/C46H82O3/c1-7-8-9-10-11-12-13-14-15-16-17-18-19-20-21-22-34-48-44(47)49-39-30-32-45(5)38(35-39)26-27-40-42-29-28-41(37(4)25-23-24-36(2)3)46(42,6)33-31-43(40)45/h14-15,36-43H,7-13,16-35H2,1-6H3/t37-,38?,39?,40?,41-,42?,43?,45+,46-/m1/s1. The second-order valence-electron chi connectivity index (χ2n) is 18.7. The van der Waals surface area contributed by atoms with Crippen molar-refractivity contribution in [2.45, 2.75) is 215 Å². The maximum absolute atomic E-state index is 12.6. The van der Waals surface area contributed by atoms with E-state index in [1.807, 2.05) is 0 Å². The molecule has 4 rings (SSSR count). The average molecular weight is 683 g/mol. The third-order valence-electron chi connectivity index (χ3n) is 15.0. The Hall–Kier alpha value is -0.990. The summed E-state index contributed by atoms with van der Waals surface area (Å²) in [6.45, 7) is 15.5. The number of carbonyl (C=O) groups is 1.